The van der Waals surface area contributed by atoms with E-state index < -0.39 is 0 Å². The number of hydrogen-bond acceptors (Lipinski definition) is 3. The standard InChI is InChI=1S/C10H14N2O2/c1-7-3-4-9(8(2)5-7)14-6-10(13)12-11/h3-5H,6,11H2,1-2H3,(H,12,13). The molecule has 76 valence electrons. The van der Waals surface area contributed by atoms with E-state index in [4.69, 9.17) is 10.6 Å². The van der Waals surface area contributed by atoms with E-state index in [1.54, 1.807) is 0 Å². The fraction of sp³-hybridized carbons (Fsp3) is 0.300. The quantitative estimate of drug-likeness (QED) is 0.422. The molecule has 0 saturated carbocycles. The fourth-order valence-electron chi connectivity index (χ4n) is 1.15. The summed E-state index contributed by atoms with van der Waals surface area (Å²) in [7, 11) is 0. The average molecular weight is 194 g/mol. The highest BCUT2D eigenvalue weighted by Crippen LogP contribution is 2.18. The number of carbonyl (C=O) groups excluding carboxylic acids is 1. The second-order valence-corrected chi connectivity index (χ2v) is 3.13. The lowest BCUT2D eigenvalue weighted by Crippen LogP contribution is -2.34. The van der Waals surface area contributed by atoms with Crippen molar-refractivity contribution in [2.45, 2.75) is 13.8 Å². The summed E-state index contributed by atoms with van der Waals surface area (Å²) in [6.45, 7) is 3.88. The Labute approximate surface area is 83.0 Å². The van der Waals surface area contributed by atoms with E-state index in [0.29, 0.717) is 5.75 Å². The molecule has 4 nitrogen and oxygen atoms in total. The number of hydrogen-bond donors (Lipinski definition) is 2. The molecule has 0 atom stereocenters. The molecule has 0 aromatic heterocycles. The zero-order chi connectivity index (χ0) is 10.6. The van der Waals surface area contributed by atoms with Crippen molar-refractivity contribution in [1.82, 2.24) is 5.43 Å². The summed E-state index contributed by atoms with van der Waals surface area (Å²) in [6, 6.07) is 5.77. The van der Waals surface area contributed by atoms with Gasteiger partial charge in [-0.15, -0.1) is 0 Å². The highest BCUT2D eigenvalue weighted by atomic mass is 16.5. The molecular formula is C10H14N2O2. The van der Waals surface area contributed by atoms with Crippen molar-refractivity contribution in [2.75, 3.05) is 6.61 Å². The second-order valence-electron chi connectivity index (χ2n) is 3.13. The molecule has 1 rings (SSSR count). The minimum absolute atomic E-state index is 0.0552. The summed E-state index contributed by atoms with van der Waals surface area (Å²) < 4.78 is 5.25. The third-order valence-corrected chi connectivity index (χ3v) is 1.85. The number of carbonyl (C=O) groups is 1. The molecule has 0 aliphatic rings. The molecule has 0 heterocycles. The third kappa shape index (κ3) is 2.74. The Morgan fingerprint density at radius 2 is 2.21 bits per heavy atom. The first kappa shape index (κ1) is 10.5. The Morgan fingerprint density at radius 3 is 2.79 bits per heavy atom. The van der Waals surface area contributed by atoms with Crippen molar-refractivity contribution < 1.29 is 9.53 Å². The van der Waals surface area contributed by atoms with Gasteiger partial charge in [0.05, 0.1) is 0 Å². The van der Waals surface area contributed by atoms with Crippen LogP contribution < -0.4 is 16.0 Å². The van der Waals surface area contributed by atoms with Gasteiger partial charge in [0, 0.05) is 0 Å². The lowest BCUT2D eigenvalue weighted by molar-refractivity contribution is -0.123. The predicted molar refractivity (Wildman–Crippen MR) is 53.7 cm³/mol. The minimum atomic E-state index is -0.343. The van der Waals surface area contributed by atoms with Gasteiger partial charge in [0.2, 0.25) is 0 Å². The number of benzene rings is 1. The van der Waals surface area contributed by atoms with Crippen LogP contribution in [-0.2, 0) is 4.79 Å². The summed E-state index contributed by atoms with van der Waals surface area (Å²) in [4.78, 5) is 10.8. The maximum atomic E-state index is 10.8. The molecule has 4 heteroatoms. The molecule has 0 unspecified atom stereocenters. The fourth-order valence-corrected chi connectivity index (χ4v) is 1.15. The third-order valence-electron chi connectivity index (χ3n) is 1.85. The smallest absolute Gasteiger partial charge is 0.271 e. The minimum Gasteiger partial charge on any atom is -0.483 e. The predicted octanol–water partition coefficient (Wildman–Crippen LogP) is 0.672. The molecular weight excluding hydrogens is 180 g/mol. The Kier molecular flexibility index (Phi) is 3.48. The molecule has 0 bridgehead atoms. The van der Waals surface area contributed by atoms with Gasteiger partial charge >= 0.3 is 0 Å². The van der Waals surface area contributed by atoms with E-state index in [9.17, 15) is 4.79 Å². The lowest BCUT2D eigenvalue weighted by atomic mass is 10.1. The monoisotopic (exact) mass is 194 g/mol. The number of nitrogens with two attached hydrogens (primary N) is 1. The zero-order valence-corrected chi connectivity index (χ0v) is 8.33. The van der Waals surface area contributed by atoms with Crippen molar-refractivity contribution in [2.24, 2.45) is 5.84 Å². The molecule has 3 N–H and O–H groups in total. The topological polar surface area (TPSA) is 64.3 Å². The molecule has 0 aliphatic heterocycles. The van der Waals surface area contributed by atoms with E-state index >= 15 is 0 Å². The largest absolute Gasteiger partial charge is 0.483 e. The number of aryl methyl sites for hydroxylation is 2. The van der Waals surface area contributed by atoms with Crippen LogP contribution in [0.1, 0.15) is 11.1 Å². The highest BCUT2D eigenvalue weighted by molar-refractivity contribution is 5.76. The maximum Gasteiger partial charge on any atom is 0.271 e. The van der Waals surface area contributed by atoms with E-state index in [2.05, 4.69) is 0 Å². The van der Waals surface area contributed by atoms with Crippen molar-refractivity contribution in [3.63, 3.8) is 0 Å². The van der Waals surface area contributed by atoms with E-state index in [0.717, 1.165) is 11.1 Å². The van der Waals surface area contributed by atoms with Crippen LogP contribution >= 0.6 is 0 Å². The zero-order valence-electron chi connectivity index (χ0n) is 8.33. The van der Waals surface area contributed by atoms with Gasteiger partial charge in [0.1, 0.15) is 5.75 Å². The van der Waals surface area contributed by atoms with E-state index in [1.807, 2.05) is 37.5 Å². The van der Waals surface area contributed by atoms with Crippen LogP contribution in [0.4, 0.5) is 0 Å². The molecule has 0 fully saturated rings. The number of ether oxygens (including phenoxy) is 1. The molecule has 0 radical (unpaired) electrons. The summed E-state index contributed by atoms with van der Waals surface area (Å²) in [5, 5.41) is 0. The SMILES string of the molecule is Cc1ccc(OCC(=O)NN)c(C)c1. The number of hydrazine groups is 1. The van der Waals surface area contributed by atoms with Crippen LogP contribution in [0, 0.1) is 13.8 Å². The van der Waals surface area contributed by atoms with E-state index in [-0.39, 0.29) is 12.5 Å². The van der Waals surface area contributed by atoms with Crippen LogP contribution in [-0.4, -0.2) is 12.5 Å². The second kappa shape index (κ2) is 4.62. The van der Waals surface area contributed by atoms with Gasteiger partial charge < -0.3 is 4.74 Å². The number of rotatable bonds is 3. The Morgan fingerprint density at radius 1 is 1.50 bits per heavy atom. The van der Waals surface area contributed by atoms with Crippen molar-refractivity contribution in [3.8, 4) is 5.75 Å². The first-order chi connectivity index (χ1) is 6.63. The molecule has 1 aromatic rings. The van der Waals surface area contributed by atoms with Gasteiger partial charge in [0.15, 0.2) is 6.61 Å². The van der Waals surface area contributed by atoms with Gasteiger partial charge in [-0.05, 0) is 25.5 Å². The summed E-state index contributed by atoms with van der Waals surface area (Å²) in [5.74, 6) is 5.28. The molecule has 0 spiro atoms. The molecule has 1 aromatic carbocycles. The van der Waals surface area contributed by atoms with Crippen LogP contribution in [0.25, 0.3) is 0 Å². The maximum absolute atomic E-state index is 10.8. The average Bonchev–Trinajstić information content (AvgIpc) is 2.16. The lowest BCUT2D eigenvalue weighted by Gasteiger charge is -2.08. The first-order valence-electron chi connectivity index (χ1n) is 4.33. The van der Waals surface area contributed by atoms with Gasteiger partial charge in [-0.3, -0.25) is 10.2 Å². The van der Waals surface area contributed by atoms with Crippen molar-refractivity contribution in [1.29, 1.82) is 0 Å². The molecule has 0 saturated heterocycles. The summed E-state index contributed by atoms with van der Waals surface area (Å²) >= 11 is 0. The number of nitrogens with one attached hydrogen (secondary N) is 1. The van der Waals surface area contributed by atoms with Gasteiger partial charge in [-0.25, -0.2) is 5.84 Å². The molecule has 14 heavy (non-hydrogen) atoms. The van der Waals surface area contributed by atoms with Crippen molar-refractivity contribution in [3.05, 3.63) is 29.3 Å². The first-order valence-corrected chi connectivity index (χ1v) is 4.33. The molecule has 0 aliphatic carbocycles. The Hall–Kier alpha value is -1.55. The Bertz CT molecular complexity index is 337. The van der Waals surface area contributed by atoms with E-state index in [1.165, 1.54) is 0 Å². The van der Waals surface area contributed by atoms with Crippen LogP contribution in [0.2, 0.25) is 0 Å². The number of amides is 1. The van der Waals surface area contributed by atoms with Crippen molar-refractivity contribution >= 4 is 5.91 Å². The Balaban J connectivity index is 2.63. The van der Waals surface area contributed by atoms with Gasteiger partial charge in [-0.2, -0.15) is 0 Å². The van der Waals surface area contributed by atoms with Crippen LogP contribution in [0.5, 0.6) is 5.75 Å². The van der Waals surface area contributed by atoms with Crippen LogP contribution in [0.15, 0.2) is 18.2 Å². The summed E-state index contributed by atoms with van der Waals surface area (Å²) in [6.07, 6.45) is 0. The van der Waals surface area contributed by atoms with Gasteiger partial charge in [-0.1, -0.05) is 17.7 Å². The van der Waals surface area contributed by atoms with Crippen LogP contribution in [0.3, 0.4) is 0 Å². The molecule has 1 amide bonds. The van der Waals surface area contributed by atoms with Gasteiger partial charge in [0.25, 0.3) is 5.91 Å². The summed E-state index contributed by atoms with van der Waals surface area (Å²) in [5.41, 5.74) is 4.18. The highest BCUT2D eigenvalue weighted by Gasteiger charge is 2.02. The normalized spacial score (nSPS) is 9.64.